The van der Waals surface area contributed by atoms with Crippen LogP contribution in [0.4, 0.5) is 0 Å². The summed E-state index contributed by atoms with van der Waals surface area (Å²) in [4.78, 5) is 14.2. The predicted molar refractivity (Wildman–Crippen MR) is 75.4 cm³/mol. The third kappa shape index (κ3) is 3.95. The highest BCUT2D eigenvalue weighted by atomic mass is 16.2. The Balaban J connectivity index is 2.33. The van der Waals surface area contributed by atoms with E-state index in [9.17, 15) is 4.79 Å². The Hall–Kier alpha value is -0.610. The molecule has 3 N–H and O–H groups in total. The average molecular weight is 255 g/mol. The van der Waals surface area contributed by atoms with Crippen molar-refractivity contribution in [3.63, 3.8) is 0 Å². The summed E-state index contributed by atoms with van der Waals surface area (Å²) in [7, 11) is 0. The minimum absolute atomic E-state index is 0.0572. The molecular formula is C14H29N3O. The summed E-state index contributed by atoms with van der Waals surface area (Å²) in [5, 5.41) is 3.07. The van der Waals surface area contributed by atoms with Gasteiger partial charge in [-0.05, 0) is 26.7 Å². The number of amides is 1. The quantitative estimate of drug-likeness (QED) is 0.724. The zero-order valence-corrected chi connectivity index (χ0v) is 12.3. The first-order valence-electron chi connectivity index (χ1n) is 7.25. The summed E-state index contributed by atoms with van der Waals surface area (Å²) in [5.41, 5.74) is 6.16. The van der Waals surface area contributed by atoms with Crippen molar-refractivity contribution in [1.29, 1.82) is 0 Å². The molecule has 18 heavy (non-hydrogen) atoms. The predicted octanol–water partition coefficient (Wildman–Crippen LogP) is 1.49. The second kappa shape index (κ2) is 6.53. The third-order valence-electron chi connectivity index (χ3n) is 3.82. The van der Waals surface area contributed by atoms with Crippen LogP contribution in [-0.4, -0.2) is 41.5 Å². The SMILES string of the molecule is CCCC(C)NC(=O)C(C)N1CC(N)(CCC)C1. The Kier molecular flexibility index (Phi) is 5.60. The van der Waals surface area contributed by atoms with E-state index in [0.717, 1.165) is 38.8 Å². The van der Waals surface area contributed by atoms with Crippen LogP contribution in [0.3, 0.4) is 0 Å². The third-order valence-corrected chi connectivity index (χ3v) is 3.82. The van der Waals surface area contributed by atoms with Gasteiger partial charge in [-0.15, -0.1) is 0 Å². The Labute approximate surface area is 111 Å². The lowest BCUT2D eigenvalue weighted by atomic mass is 9.85. The highest BCUT2D eigenvalue weighted by Gasteiger charge is 2.42. The number of nitrogens with two attached hydrogens (primary N) is 1. The van der Waals surface area contributed by atoms with Crippen molar-refractivity contribution >= 4 is 5.91 Å². The summed E-state index contributed by atoms with van der Waals surface area (Å²) in [6.07, 6.45) is 4.29. The van der Waals surface area contributed by atoms with Gasteiger partial charge in [0, 0.05) is 24.7 Å². The lowest BCUT2D eigenvalue weighted by Crippen LogP contribution is -2.70. The molecule has 0 aromatic rings. The first-order valence-corrected chi connectivity index (χ1v) is 7.25. The summed E-state index contributed by atoms with van der Waals surface area (Å²) >= 11 is 0. The van der Waals surface area contributed by atoms with Crippen LogP contribution in [0.15, 0.2) is 0 Å². The molecule has 1 aliphatic heterocycles. The molecule has 1 amide bonds. The molecule has 106 valence electrons. The number of hydrogen-bond donors (Lipinski definition) is 2. The van der Waals surface area contributed by atoms with Gasteiger partial charge in [-0.1, -0.05) is 26.7 Å². The number of carbonyl (C=O) groups excluding carboxylic acids is 1. The molecule has 1 heterocycles. The van der Waals surface area contributed by atoms with Gasteiger partial charge in [-0.2, -0.15) is 0 Å². The van der Waals surface area contributed by atoms with Gasteiger partial charge in [0.2, 0.25) is 5.91 Å². The summed E-state index contributed by atoms with van der Waals surface area (Å²) < 4.78 is 0. The van der Waals surface area contributed by atoms with Crippen molar-refractivity contribution in [1.82, 2.24) is 10.2 Å². The van der Waals surface area contributed by atoms with Crippen molar-refractivity contribution in [2.45, 2.75) is 71.0 Å². The van der Waals surface area contributed by atoms with E-state index in [2.05, 4.69) is 31.0 Å². The van der Waals surface area contributed by atoms with Gasteiger partial charge in [-0.3, -0.25) is 9.69 Å². The second-order valence-electron chi connectivity index (χ2n) is 5.89. The largest absolute Gasteiger partial charge is 0.352 e. The first kappa shape index (κ1) is 15.4. The van der Waals surface area contributed by atoms with Gasteiger partial charge >= 0.3 is 0 Å². The molecule has 0 aromatic carbocycles. The molecule has 0 spiro atoms. The zero-order chi connectivity index (χ0) is 13.8. The van der Waals surface area contributed by atoms with Crippen LogP contribution in [-0.2, 0) is 4.79 Å². The van der Waals surface area contributed by atoms with Crippen LogP contribution in [0, 0.1) is 0 Å². The molecule has 4 heteroatoms. The van der Waals surface area contributed by atoms with Crippen LogP contribution in [0.5, 0.6) is 0 Å². The summed E-state index contributed by atoms with van der Waals surface area (Å²) in [6, 6.07) is 0.210. The van der Waals surface area contributed by atoms with Crippen molar-refractivity contribution < 1.29 is 4.79 Å². The van der Waals surface area contributed by atoms with Crippen molar-refractivity contribution in [2.24, 2.45) is 5.73 Å². The first-order chi connectivity index (χ1) is 8.41. The monoisotopic (exact) mass is 255 g/mol. The summed E-state index contributed by atoms with van der Waals surface area (Å²) in [5.74, 6) is 0.134. The molecule has 1 fully saturated rings. The van der Waals surface area contributed by atoms with Crippen LogP contribution >= 0.6 is 0 Å². The van der Waals surface area contributed by atoms with Gasteiger partial charge in [0.05, 0.1) is 6.04 Å². The van der Waals surface area contributed by atoms with E-state index in [1.807, 2.05) is 6.92 Å². The Morgan fingerprint density at radius 2 is 1.94 bits per heavy atom. The molecule has 2 unspecified atom stereocenters. The van der Waals surface area contributed by atoms with Crippen LogP contribution in [0.1, 0.15) is 53.4 Å². The smallest absolute Gasteiger partial charge is 0.237 e. The number of rotatable bonds is 7. The molecule has 4 nitrogen and oxygen atoms in total. The average Bonchev–Trinajstić information content (AvgIpc) is 2.25. The van der Waals surface area contributed by atoms with Crippen LogP contribution in [0.25, 0.3) is 0 Å². The van der Waals surface area contributed by atoms with E-state index < -0.39 is 0 Å². The fourth-order valence-electron chi connectivity index (χ4n) is 2.73. The van der Waals surface area contributed by atoms with Crippen molar-refractivity contribution in [2.75, 3.05) is 13.1 Å². The fourth-order valence-corrected chi connectivity index (χ4v) is 2.73. The minimum Gasteiger partial charge on any atom is -0.352 e. The van der Waals surface area contributed by atoms with Gasteiger partial charge < -0.3 is 11.1 Å². The van der Waals surface area contributed by atoms with Gasteiger partial charge in [0.1, 0.15) is 0 Å². The van der Waals surface area contributed by atoms with Crippen molar-refractivity contribution in [3.05, 3.63) is 0 Å². The Bertz CT molecular complexity index is 274. The number of hydrogen-bond acceptors (Lipinski definition) is 3. The molecule has 0 radical (unpaired) electrons. The summed E-state index contributed by atoms with van der Waals surface area (Å²) in [6.45, 7) is 10.0. The lowest BCUT2D eigenvalue weighted by molar-refractivity contribution is -0.129. The molecule has 0 aliphatic carbocycles. The zero-order valence-electron chi connectivity index (χ0n) is 12.3. The maximum atomic E-state index is 12.0. The van der Waals surface area contributed by atoms with Gasteiger partial charge in [-0.25, -0.2) is 0 Å². The maximum Gasteiger partial charge on any atom is 0.237 e. The fraction of sp³-hybridized carbons (Fsp3) is 0.929. The van der Waals surface area contributed by atoms with E-state index in [4.69, 9.17) is 5.73 Å². The standard InChI is InChI=1S/C14H29N3O/c1-5-7-11(3)16-13(18)12(4)17-9-14(15,10-17)8-6-2/h11-12H,5-10,15H2,1-4H3,(H,16,18). The topological polar surface area (TPSA) is 58.4 Å². The molecule has 1 rings (SSSR count). The Morgan fingerprint density at radius 1 is 1.33 bits per heavy atom. The number of nitrogens with one attached hydrogen (secondary N) is 1. The molecule has 0 aromatic heterocycles. The minimum atomic E-state index is -0.0576. The highest BCUT2D eigenvalue weighted by Crippen LogP contribution is 2.25. The maximum absolute atomic E-state index is 12.0. The van der Waals surface area contributed by atoms with E-state index in [1.54, 1.807) is 0 Å². The normalized spacial score (nSPS) is 22.1. The van der Waals surface area contributed by atoms with Crippen molar-refractivity contribution in [3.8, 4) is 0 Å². The molecule has 2 atom stereocenters. The number of nitrogens with zero attached hydrogens (tertiary/aromatic N) is 1. The van der Waals surface area contributed by atoms with E-state index in [1.165, 1.54) is 0 Å². The molecule has 0 bridgehead atoms. The van der Waals surface area contributed by atoms with E-state index in [0.29, 0.717) is 0 Å². The van der Waals surface area contributed by atoms with Gasteiger partial charge in [0.15, 0.2) is 0 Å². The second-order valence-corrected chi connectivity index (χ2v) is 5.89. The lowest BCUT2D eigenvalue weighted by Gasteiger charge is -2.50. The Morgan fingerprint density at radius 3 is 2.44 bits per heavy atom. The van der Waals surface area contributed by atoms with Gasteiger partial charge in [0.25, 0.3) is 0 Å². The van der Waals surface area contributed by atoms with E-state index in [-0.39, 0.29) is 23.5 Å². The molecule has 0 saturated carbocycles. The molecule has 1 saturated heterocycles. The van der Waals surface area contributed by atoms with Crippen LogP contribution < -0.4 is 11.1 Å². The van der Waals surface area contributed by atoms with E-state index >= 15 is 0 Å². The molecular weight excluding hydrogens is 226 g/mol. The molecule has 1 aliphatic rings. The van der Waals surface area contributed by atoms with Crippen LogP contribution in [0.2, 0.25) is 0 Å². The number of carbonyl (C=O) groups is 1. The highest BCUT2D eigenvalue weighted by molar-refractivity contribution is 5.81. The number of likely N-dealkylation sites (tertiary alicyclic amines) is 1.